The Morgan fingerprint density at radius 3 is 2.61 bits per heavy atom. The average Bonchev–Trinajstić information content (AvgIpc) is 2.71. The van der Waals surface area contributed by atoms with Crippen molar-refractivity contribution in [2.75, 3.05) is 0 Å². The van der Waals surface area contributed by atoms with Gasteiger partial charge in [-0.3, -0.25) is 4.79 Å². The highest BCUT2D eigenvalue weighted by Crippen LogP contribution is 2.34. The first-order valence-corrected chi connectivity index (χ1v) is 7.85. The van der Waals surface area contributed by atoms with Crippen LogP contribution in [0.3, 0.4) is 0 Å². The quantitative estimate of drug-likeness (QED) is 0.809. The van der Waals surface area contributed by atoms with Gasteiger partial charge in [0, 0.05) is 12.5 Å². The number of Topliss-reactive ketones (excluding diaryl/α,β-unsaturated/α-hetero) is 1. The Kier molecular flexibility index (Phi) is 4.83. The molecule has 2 nitrogen and oxygen atoms in total. The summed E-state index contributed by atoms with van der Waals surface area (Å²) < 4.78 is 0. The van der Waals surface area contributed by atoms with Crippen LogP contribution in [-0.2, 0) is 4.79 Å². The fraction of sp³-hybridized carbons (Fsp3) is 0.938. The van der Waals surface area contributed by atoms with Crippen LogP contribution in [0, 0.1) is 17.8 Å². The van der Waals surface area contributed by atoms with Gasteiger partial charge in [-0.2, -0.15) is 0 Å². The van der Waals surface area contributed by atoms with Crippen LogP contribution in [-0.4, -0.2) is 17.9 Å². The van der Waals surface area contributed by atoms with Gasteiger partial charge in [-0.25, -0.2) is 0 Å². The lowest BCUT2D eigenvalue weighted by molar-refractivity contribution is -0.121. The van der Waals surface area contributed by atoms with Gasteiger partial charge in [0.15, 0.2) is 0 Å². The first-order chi connectivity index (χ1) is 8.56. The maximum absolute atomic E-state index is 12.3. The topological polar surface area (TPSA) is 29.1 Å². The molecule has 0 aromatic rings. The van der Waals surface area contributed by atoms with Crippen molar-refractivity contribution in [3.63, 3.8) is 0 Å². The van der Waals surface area contributed by atoms with Crippen LogP contribution < -0.4 is 5.32 Å². The highest BCUT2D eigenvalue weighted by molar-refractivity contribution is 5.84. The molecular formula is C16H29NO. The normalized spacial score (nSPS) is 33.4. The number of carbonyl (C=O) groups excluding carboxylic acids is 1. The van der Waals surface area contributed by atoms with Crippen molar-refractivity contribution in [2.45, 2.75) is 77.8 Å². The molecule has 0 bridgehead atoms. The molecule has 0 aromatic carbocycles. The number of carbonyl (C=O) groups is 1. The van der Waals surface area contributed by atoms with E-state index < -0.39 is 0 Å². The second-order valence-corrected chi connectivity index (χ2v) is 7.01. The van der Waals surface area contributed by atoms with E-state index in [4.69, 9.17) is 0 Å². The molecule has 4 unspecified atom stereocenters. The summed E-state index contributed by atoms with van der Waals surface area (Å²) in [6.45, 7) is 6.70. The van der Waals surface area contributed by atoms with Crippen molar-refractivity contribution in [1.82, 2.24) is 5.32 Å². The van der Waals surface area contributed by atoms with Crippen LogP contribution in [0.4, 0.5) is 0 Å². The first kappa shape index (κ1) is 14.0. The number of fused-ring (bicyclic) bond motifs is 1. The minimum absolute atomic E-state index is 0.174. The third-order valence-corrected chi connectivity index (χ3v) is 4.67. The number of hydrogen-bond acceptors (Lipinski definition) is 2. The molecule has 2 rings (SSSR count). The molecule has 1 aliphatic heterocycles. The van der Waals surface area contributed by atoms with Crippen LogP contribution >= 0.6 is 0 Å². The predicted molar refractivity (Wildman–Crippen MR) is 75.5 cm³/mol. The Balaban J connectivity index is 1.79. The molecule has 1 saturated heterocycles. The minimum atomic E-state index is 0.174. The molecule has 4 atom stereocenters. The first-order valence-electron chi connectivity index (χ1n) is 7.85. The van der Waals surface area contributed by atoms with Crippen molar-refractivity contribution in [1.29, 1.82) is 0 Å². The Morgan fingerprint density at radius 2 is 1.94 bits per heavy atom. The molecule has 1 saturated carbocycles. The zero-order valence-corrected chi connectivity index (χ0v) is 12.2. The molecule has 2 aliphatic rings. The van der Waals surface area contributed by atoms with Crippen LogP contribution in [0.15, 0.2) is 0 Å². The molecule has 0 spiro atoms. The van der Waals surface area contributed by atoms with E-state index in [9.17, 15) is 4.79 Å². The van der Waals surface area contributed by atoms with Gasteiger partial charge in [0.2, 0.25) is 0 Å². The van der Waals surface area contributed by atoms with Gasteiger partial charge >= 0.3 is 0 Å². The number of rotatable bonds is 5. The van der Waals surface area contributed by atoms with Gasteiger partial charge in [0.05, 0.1) is 6.04 Å². The van der Waals surface area contributed by atoms with E-state index in [0.29, 0.717) is 23.7 Å². The fourth-order valence-electron chi connectivity index (χ4n) is 3.94. The van der Waals surface area contributed by atoms with Crippen LogP contribution in [0.25, 0.3) is 0 Å². The zero-order valence-electron chi connectivity index (χ0n) is 12.2. The second-order valence-electron chi connectivity index (χ2n) is 7.01. The smallest absolute Gasteiger partial charge is 0.150 e. The van der Waals surface area contributed by atoms with Crippen molar-refractivity contribution < 1.29 is 4.79 Å². The lowest BCUT2D eigenvalue weighted by Gasteiger charge is -2.24. The fourth-order valence-corrected chi connectivity index (χ4v) is 3.94. The summed E-state index contributed by atoms with van der Waals surface area (Å²) in [6.07, 6.45) is 8.39. The van der Waals surface area contributed by atoms with Crippen molar-refractivity contribution >= 4 is 5.78 Å². The van der Waals surface area contributed by atoms with E-state index in [0.717, 1.165) is 18.8 Å². The van der Waals surface area contributed by atoms with Crippen LogP contribution in [0.1, 0.15) is 65.7 Å². The summed E-state index contributed by atoms with van der Waals surface area (Å²) in [7, 11) is 0. The van der Waals surface area contributed by atoms with Crippen molar-refractivity contribution in [2.24, 2.45) is 17.8 Å². The lowest BCUT2D eigenvalue weighted by Crippen LogP contribution is -2.37. The average molecular weight is 251 g/mol. The standard InChI is InChI=1S/C16H29NO/c1-11(2)8-12(3)9-16(18)15-10-13-6-4-5-7-14(13)17-15/h11-15,17H,4-10H2,1-3H3. The Bertz CT molecular complexity index is 273. The summed E-state index contributed by atoms with van der Waals surface area (Å²) in [6, 6.07) is 0.820. The van der Waals surface area contributed by atoms with E-state index in [2.05, 4.69) is 26.1 Å². The molecule has 0 radical (unpaired) electrons. The van der Waals surface area contributed by atoms with Gasteiger partial charge in [-0.1, -0.05) is 33.6 Å². The Morgan fingerprint density at radius 1 is 1.22 bits per heavy atom. The molecule has 104 valence electrons. The molecule has 0 aromatic heterocycles. The molecule has 2 heteroatoms. The van der Waals surface area contributed by atoms with Gasteiger partial charge in [-0.15, -0.1) is 0 Å². The summed E-state index contributed by atoms with van der Waals surface area (Å²) in [5.74, 6) is 2.50. The molecular weight excluding hydrogens is 222 g/mol. The molecule has 1 N–H and O–H groups in total. The van der Waals surface area contributed by atoms with E-state index >= 15 is 0 Å². The zero-order chi connectivity index (χ0) is 13.1. The van der Waals surface area contributed by atoms with Crippen LogP contribution in [0.2, 0.25) is 0 Å². The van der Waals surface area contributed by atoms with Crippen molar-refractivity contribution in [3.8, 4) is 0 Å². The van der Waals surface area contributed by atoms with Crippen LogP contribution in [0.5, 0.6) is 0 Å². The minimum Gasteiger partial charge on any atom is -0.304 e. The largest absolute Gasteiger partial charge is 0.304 e. The monoisotopic (exact) mass is 251 g/mol. The van der Waals surface area contributed by atoms with Gasteiger partial charge in [0.25, 0.3) is 0 Å². The Labute approximate surface area is 112 Å². The number of nitrogens with one attached hydrogen (secondary N) is 1. The summed E-state index contributed by atoms with van der Waals surface area (Å²) in [5.41, 5.74) is 0. The van der Waals surface area contributed by atoms with Crippen molar-refractivity contribution in [3.05, 3.63) is 0 Å². The molecule has 1 heterocycles. The highest BCUT2D eigenvalue weighted by atomic mass is 16.1. The Hall–Kier alpha value is -0.370. The summed E-state index contributed by atoms with van der Waals surface area (Å²) in [5, 5.41) is 3.60. The second kappa shape index (κ2) is 6.18. The summed E-state index contributed by atoms with van der Waals surface area (Å²) in [4.78, 5) is 12.3. The van der Waals surface area contributed by atoms with Gasteiger partial charge < -0.3 is 5.32 Å². The van der Waals surface area contributed by atoms with E-state index in [-0.39, 0.29) is 6.04 Å². The third-order valence-electron chi connectivity index (χ3n) is 4.67. The number of ketones is 1. The predicted octanol–water partition coefficient (Wildman–Crippen LogP) is 3.55. The SMILES string of the molecule is CC(C)CC(C)CC(=O)C1CC2CCCCC2N1. The molecule has 18 heavy (non-hydrogen) atoms. The van der Waals surface area contributed by atoms with Gasteiger partial charge in [-0.05, 0) is 43.4 Å². The lowest BCUT2D eigenvalue weighted by atomic mass is 9.84. The molecule has 2 fully saturated rings. The summed E-state index contributed by atoms with van der Waals surface area (Å²) >= 11 is 0. The third kappa shape index (κ3) is 3.57. The maximum Gasteiger partial charge on any atom is 0.150 e. The molecule has 0 amide bonds. The van der Waals surface area contributed by atoms with E-state index in [1.165, 1.54) is 32.1 Å². The number of hydrogen-bond donors (Lipinski definition) is 1. The molecule has 1 aliphatic carbocycles. The highest BCUT2D eigenvalue weighted by Gasteiger charge is 2.38. The van der Waals surface area contributed by atoms with E-state index in [1.54, 1.807) is 0 Å². The maximum atomic E-state index is 12.3. The van der Waals surface area contributed by atoms with Gasteiger partial charge in [0.1, 0.15) is 5.78 Å². The van der Waals surface area contributed by atoms with E-state index in [1.807, 2.05) is 0 Å².